The third-order valence-electron chi connectivity index (χ3n) is 4.01. The van der Waals surface area contributed by atoms with Crippen LogP contribution in [0.3, 0.4) is 0 Å². The van der Waals surface area contributed by atoms with Gasteiger partial charge in [0.1, 0.15) is 12.1 Å². The molecule has 0 radical (unpaired) electrons. The van der Waals surface area contributed by atoms with Crippen molar-refractivity contribution in [3.63, 3.8) is 0 Å². The molecule has 2 aromatic rings. The van der Waals surface area contributed by atoms with Crippen molar-refractivity contribution in [1.82, 2.24) is 10.3 Å². The summed E-state index contributed by atoms with van der Waals surface area (Å²) in [6.45, 7) is 3.76. The molecule has 132 valence electrons. The average Bonchev–Trinajstić information content (AvgIpc) is 2.61. The van der Waals surface area contributed by atoms with E-state index in [0.29, 0.717) is 24.0 Å². The van der Waals surface area contributed by atoms with Gasteiger partial charge in [0.25, 0.3) is 0 Å². The van der Waals surface area contributed by atoms with E-state index in [2.05, 4.69) is 10.3 Å². The van der Waals surface area contributed by atoms with Crippen molar-refractivity contribution >= 4 is 23.7 Å². The molecule has 1 aromatic heterocycles. The van der Waals surface area contributed by atoms with Gasteiger partial charge in [-0.05, 0) is 31.5 Å². The van der Waals surface area contributed by atoms with Crippen LogP contribution in [0, 0.1) is 5.82 Å². The fourth-order valence-electron chi connectivity index (χ4n) is 2.68. The summed E-state index contributed by atoms with van der Waals surface area (Å²) in [6, 6.07) is 5.73. The minimum Gasteiger partial charge on any atom is -0.307 e. The first-order valence-corrected chi connectivity index (χ1v) is 8.49. The standard InChI is InChI=1S/C19H20ClFN2O2/c1-3-16(23-12(2)8-11-24)14-4-5-15(20)17(18(14)21)19(25)13-6-9-22-10-7-13/h4-7,9-12,16,23H,3,8H2,1-2H3/t12-,16+/m0/s1. The Bertz CT molecular complexity index is 753. The van der Waals surface area contributed by atoms with E-state index in [0.717, 1.165) is 6.29 Å². The maximum absolute atomic E-state index is 15.1. The van der Waals surface area contributed by atoms with Crippen molar-refractivity contribution in [3.05, 3.63) is 64.2 Å². The largest absolute Gasteiger partial charge is 0.307 e. The number of aromatic nitrogens is 1. The number of carbonyl (C=O) groups is 2. The van der Waals surface area contributed by atoms with E-state index in [1.165, 1.54) is 30.6 Å². The van der Waals surface area contributed by atoms with Crippen LogP contribution >= 0.6 is 11.6 Å². The van der Waals surface area contributed by atoms with E-state index >= 15 is 4.39 Å². The first kappa shape index (κ1) is 19.2. The highest BCUT2D eigenvalue weighted by Gasteiger charge is 2.24. The number of halogens is 2. The number of hydrogen-bond donors (Lipinski definition) is 1. The van der Waals surface area contributed by atoms with E-state index in [1.807, 2.05) is 13.8 Å². The van der Waals surface area contributed by atoms with Crippen LogP contribution in [0.25, 0.3) is 0 Å². The second-order valence-corrected chi connectivity index (χ2v) is 6.23. The SMILES string of the molecule is CC[C@@H](N[C@@H](C)CC=O)c1ccc(Cl)c(C(=O)c2ccncc2)c1F. The fourth-order valence-corrected chi connectivity index (χ4v) is 2.91. The molecule has 0 unspecified atom stereocenters. The van der Waals surface area contributed by atoms with Crippen LogP contribution in [-0.4, -0.2) is 23.1 Å². The molecule has 4 nitrogen and oxygen atoms in total. The quantitative estimate of drug-likeness (QED) is 0.566. The molecule has 0 aliphatic carbocycles. The fraction of sp³-hybridized carbons (Fsp3) is 0.316. The molecule has 2 rings (SSSR count). The number of carbonyl (C=O) groups excluding carboxylic acids is 2. The van der Waals surface area contributed by atoms with Gasteiger partial charge in [0.15, 0.2) is 5.78 Å². The molecule has 0 aliphatic rings. The van der Waals surface area contributed by atoms with Gasteiger partial charge in [-0.2, -0.15) is 0 Å². The van der Waals surface area contributed by atoms with Gasteiger partial charge >= 0.3 is 0 Å². The van der Waals surface area contributed by atoms with Crippen molar-refractivity contribution in [2.45, 2.75) is 38.8 Å². The lowest BCUT2D eigenvalue weighted by Crippen LogP contribution is -2.31. The van der Waals surface area contributed by atoms with Gasteiger partial charge in [0.05, 0.1) is 10.6 Å². The van der Waals surface area contributed by atoms with Crippen LogP contribution in [-0.2, 0) is 4.79 Å². The predicted molar refractivity (Wildman–Crippen MR) is 95.4 cm³/mol. The number of benzene rings is 1. The zero-order valence-electron chi connectivity index (χ0n) is 14.1. The Morgan fingerprint density at radius 2 is 2.00 bits per heavy atom. The first-order chi connectivity index (χ1) is 12.0. The third kappa shape index (κ3) is 4.50. The molecule has 0 saturated heterocycles. The lowest BCUT2D eigenvalue weighted by atomic mass is 9.96. The summed E-state index contributed by atoms with van der Waals surface area (Å²) >= 11 is 6.11. The molecule has 0 fully saturated rings. The van der Waals surface area contributed by atoms with Crippen LogP contribution in [0.15, 0.2) is 36.7 Å². The maximum atomic E-state index is 15.1. The van der Waals surface area contributed by atoms with Crippen molar-refractivity contribution in [2.75, 3.05) is 0 Å². The molecule has 6 heteroatoms. The van der Waals surface area contributed by atoms with E-state index in [9.17, 15) is 9.59 Å². The van der Waals surface area contributed by atoms with Gasteiger partial charge in [-0.15, -0.1) is 0 Å². The van der Waals surface area contributed by atoms with Crippen LogP contribution < -0.4 is 5.32 Å². The van der Waals surface area contributed by atoms with Gasteiger partial charge < -0.3 is 10.1 Å². The highest BCUT2D eigenvalue weighted by Crippen LogP contribution is 2.29. The van der Waals surface area contributed by atoms with Gasteiger partial charge in [-0.25, -0.2) is 4.39 Å². The summed E-state index contributed by atoms with van der Waals surface area (Å²) in [5, 5.41) is 3.28. The second-order valence-electron chi connectivity index (χ2n) is 5.82. The predicted octanol–water partition coefficient (Wildman–Crippen LogP) is 4.12. The summed E-state index contributed by atoms with van der Waals surface area (Å²) in [4.78, 5) is 27.2. The molecule has 1 N–H and O–H groups in total. The monoisotopic (exact) mass is 362 g/mol. The van der Waals surface area contributed by atoms with Crippen molar-refractivity contribution in [2.24, 2.45) is 0 Å². The molecule has 2 atom stereocenters. The van der Waals surface area contributed by atoms with Crippen LogP contribution in [0.5, 0.6) is 0 Å². The summed E-state index contributed by atoms with van der Waals surface area (Å²) in [5.41, 5.74) is 0.541. The molecular formula is C19H20ClFN2O2. The summed E-state index contributed by atoms with van der Waals surface area (Å²) < 4.78 is 15.1. The summed E-state index contributed by atoms with van der Waals surface area (Å²) in [6.07, 6.45) is 4.70. The number of pyridine rings is 1. The number of aldehydes is 1. The topological polar surface area (TPSA) is 59.1 Å². The number of nitrogens with zero attached hydrogens (tertiary/aromatic N) is 1. The normalized spacial score (nSPS) is 13.3. The Hall–Kier alpha value is -2.11. The zero-order valence-corrected chi connectivity index (χ0v) is 14.9. The van der Waals surface area contributed by atoms with Gasteiger partial charge in [0, 0.05) is 42.0 Å². The Kier molecular flexibility index (Phi) is 6.79. The molecule has 0 amide bonds. The zero-order chi connectivity index (χ0) is 18.4. The lowest BCUT2D eigenvalue weighted by Gasteiger charge is -2.23. The average molecular weight is 363 g/mol. The number of hydrogen-bond acceptors (Lipinski definition) is 4. The Labute approximate surface area is 151 Å². The molecule has 0 saturated carbocycles. The lowest BCUT2D eigenvalue weighted by molar-refractivity contribution is -0.108. The minimum atomic E-state index is -0.632. The number of rotatable bonds is 8. The molecular weight excluding hydrogens is 343 g/mol. The molecule has 0 bridgehead atoms. The Morgan fingerprint density at radius 3 is 2.60 bits per heavy atom. The highest BCUT2D eigenvalue weighted by molar-refractivity contribution is 6.35. The molecule has 1 heterocycles. The Balaban J connectivity index is 2.41. The van der Waals surface area contributed by atoms with E-state index in [1.54, 1.807) is 6.07 Å². The van der Waals surface area contributed by atoms with Crippen LogP contribution in [0.4, 0.5) is 4.39 Å². The summed E-state index contributed by atoms with van der Waals surface area (Å²) in [5.74, 6) is -1.12. The van der Waals surface area contributed by atoms with Gasteiger partial charge in [0.2, 0.25) is 0 Å². The highest BCUT2D eigenvalue weighted by atomic mass is 35.5. The molecule has 0 spiro atoms. The Morgan fingerprint density at radius 1 is 1.32 bits per heavy atom. The second kappa shape index (κ2) is 8.83. The van der Waals surface area contributed by atoms with Crippen molar-refractivity contribution in [3.8, 4) is 0 Å². The minimum absolute atomic E-state index is 0.0684. The van der Waals surface area contributed by atoms with Gasteiger partial charge in [-0.3, -0.25) is 9.78 Å². The van der Waals surface area contributed by atoms with Crippen LogP contribution in [0.2, 0.25) is 5.02 Å². The summed E-state index contributed by atoms with van der Waals surface area (Å²) in [7, 11) is 0. The number of ketones is 1. The number of nitrogens with one attached hydrogen (secondary N) is 1. The van der Waals surface area contributed by atoms with Crippen molar-refractivity contribution in [1.29, 1.82) is 0 Å². The van der Waals surface area contributed by atoms with E-state index in [-0.39, 0.29) is 22.7 Å². The molecule has 0 aliphatic heterocycles. The van der Waals surface area contributed by atoms with E-state index in [4.69, 9.17) is 11.6 Å². The molecule has 25 heavy (non-hydrogen) atoms. The van der Waals surface area contributed by atoms with Gasteiger partial charge in [-0.1, -0.05) is 24.6 Å². The van der Waals surface area contributed by atoms with E-state index < -0.39 is 11.6 Å². The van der Waals surface area contributed by atoms with Crippen molar-refractivity contribution < 1.29 is 14.0 Å². The smallest absolute Gasteiger partial charge is 0.197 e. The third-order valence-corrected chi connectivity index (χ3v) is 4.32. The first-order valence-electron chi connectivity index (χ1n) is 8.11. The maximum Gasteiger partial charge on any atom is 0.197 e. The van der Waals surface area contributed by atoms with Crippen LogP contribution in [0.1, 0.15) is 54.2 Å². The molecule has 1 aromatic carbocycles.